The van der Waals surface area contributed by atoms with E-state index in [0.717, 1.165) is 5.69 Å². The molecule has 0 saturated carbocycles. The first-order valence-electron chi connectivity index (χ1n) is 4.76. The van der Waals surface area contributed by atoms with E-state index in [0.29, 0.717) is 12.4 Å². The third-order valence-electron chi connectivity index (χ3n) is 1.48. The maximum absolute atomic E-state index is 11.0. The number of carbonyl (C=O) groups is 1. The summed E-state index contributed by atoms with van der Waals surface area (Å²) in [6.07, 6.45) is 0. The zero-order valence-corrected chi connectivity index (χ0v) is 9.38. The minimum absolute atomic E-state index is 0.0341. The molecule has 0 amide bonds. The molecule has 0 N–H and O–H groups in total. The number of rotatable bonds is 2. The highest BCUT2D eigenvalue weighted by Crippen LogP contribution is 2.08. The van der Waals surface area contributed by atoms with E-state index in [4.69, 9.17) is 9.15 Å². The second-order valence-corrected chi connectivity index (χ2v) is 2.38. The minimum Gasteiger partial charge on any atom is -0.459 e. The fourth-order valence-electron chi connectivity index (χ4n) is 0.753. The molecule has 0 bridgehead atoms. The summed E-state index contributed by atoms with van der Waals surface area (Å²) in [6, 6.07) is 0. The standard InChI is InChI=1S/C8H11NO3.C2H6/c1-4-11-8(10)7-9-5(2)6(3)12-7;1-2/h4H2,1-3H3;1-2H3. The van der Waals surface area contributed by atoms with E-state index in [2.05, 4.69) is 4.98 Å². The zero-order valence-electron chi connectivity index (χ0n) is 9.38. The molecular weight excluding hydrogens is 182 g/mol. The largest absolute Gasteiger partial charge is 0.459 e. The van der Waals surface area contributed by atoms with Crippen LogP contribution in [0.4, 0.5) is 0 Å². The smallest absolute Gasteiger partial charge is 0.394 e. The molecule has 1 heterocycles. The normalized spacial score (nSPS) is 8.93. The van der Waals surface area contributed by atoms with Gasteiger partial charge in [-0.25, -0.2) is 9.78 Å². The Hall–Kier alpha value is -1.32. The fourth-order valence-corrected chi connectivity index (χ4v) is 0.753. The van der Waals surface area contributed by atoms with Gasteiger partial charge in [0, 0.05) is 0 Å². The van der Waals surface area contributed by atoms with Crippen molar-refractivity contribution in [1.82, 2.24) is 4.98 Å². The summed E-state index contributed by atoms with van der Waals surface area (Å²) in [5.41, 5.74) is 0.720. The summed E-state index contributed by atoms with van der Waals surface area (Å²) in [6.45, 7) is 9.60. The second-order valence-electron chi connectivity index (χ2n) is 2.38. The van der Waals surface area contributed by atoms with E-state index in [1.165, 1.54) is 0 Å². The van der Waals surface area contributed by atoms with Gasteiger partial charge in [0.05, 0.1) is 12.3 Å². The van der Waals surface area contributed by atoms with Gasteiger partial charge in [0.15, 0.2) is 0 Å². The van der Waals surface area contributed by atoms with Crippen LogP contribution in [-0.4, -0.2) is 17.6 Å². The van der Waals surface area contributed by atoms with Gasteiger partial charge in [0.1, 0.15) is 5.76 Å². The average molecular weight is 199 g/mol. The van der Waals surface area contributed by atoms with Crippen molar-refractivity contribution in [2.45, 2.75) is 34.6 Å². The zero-order chi connectivity index (χ0) is 11.1. The Morgan fingerprint density at radius 2 is 2.00 bits per heavy atom. The maximum atomic E-state index is 11.0. The first-order valence-corrected chi connectivity index (χ1v) is 4.76. The molecule has 1 aromatic rings. The van der Waals surface area contributed by atoms with Crippen LogP contribution in [0.2, 0.25) is 0 Å². The van der Waals surface area contributed by atoms with E-state index in [-0.39, 0.29) is 5.89 Å². The van der Waals surface area contributed by atoms with Gasteiger partial charge in [-0.2, -0.15) is 0 Å². The van der Waals surface area contributed by atoms with E-state index in [1.54, 1.807) is 20.8 Å². The van der Waals surface area contributed by atoms with E-state index in [1.807, 2.05) is 13.8 Å². The highest BCUT2D eigenvalue weighted by atomic mass is 16.5. The number of carbonyl (C=O) groups excluding carboxylic acids is 1. The van der Waals surface area contributed by atoms with Gasteiger partial charge in [-0.05, 0) is 20.8 Å². The third kappa shape index (κ3) is 3.20. The Labute approximate surface area is 84.3 Å². The van der Waals surface area contributed by atoms with Crippen molar-refractivity contribution < 1.29 is 13.9 Å². The number of nitrogens with zero attached hydrogens (tertiary/aromatic N) is 1. The predicted octanol–water partition coefficient (Wildman–Crippen LogP) is 2.49. The van der Waals surface area contributed by atoms with Crippen molar-refractivity contribution in [2.75, 3.05) is 6.61 Å². The van der Waals surface area contributed by atoms with Gasteiger partial charge in [-0.3, -0.25) is 0 Å². The summed E-state index contributed by atoms with van der Waals surface area (Å²) in [4.78, 5) is 14.9. The Balaban J connectivity index is 0.000000791. The lowest BCUT2D eigenvalue weighted by Crippen LogP contribution is -2.04. The average Bonchev–Trinajstić information content (AvgIpc) is 2.51. The van der Waals surface area contributed by atoms with Gasteiger partial charge in [0.2, 0.25) is 0 Å². The number of hydrogen-bond acceptors (Lipinski definition) is 4. The Morgan fingerprint density at radius 3 is 2.36 bits per heavy atom. The molecule has 4 heteroatoms. The SMILES string of the molecule is CC.CCOC(=O)c1nc(C)c(C)o1. The molecule has 0 radical (unpaired) electrons. The van der Waals surface area contributed by atoms with Crippen LogP contribution < -0.4 is 0 Å². The number of hydrogen-bond donors (Lipinski definition) is 0. The molecule has 80 valence electrons. The van der Waals surface area contributed by atoms with Crippen molar-refractivity contribution in [1.29, 1.82) is 0 Å². The topological polar surface area (TPSA) is 52.3 Å². The Bertz CT molecular complexity index is 272. The Kier molecular flexibility index (Phi) is 5.60. The summed E-state index contributed by atoms with van der Waals surface area (Å²) < 4.78 is 9.74. The summed E-state index contributed by atoms with van der Waals surface area (Å²) >= 11 is 0. The lowest BCUT2D eigenvalue weighted by Gasteiger charge is -1.94. The molecule has 0 aromatic carbocycles. The summed E-state index contributed by atoms with van der Waals surface area (Å²) in [5.74, 6) is 0.179. The van der Waals surface area contributed by atoms with Gasteiger partial charge in [-0.1, -0.05) is 13.8 Å². The van der Waals surface area contributed by atoms with Crippen LogP contribution in [0, 0.1) is 13.8 Å². The lowest BCUT2D eigenvalue weighted by atomic mass is 10.4. The predicted molar refractivity (Wildman–Crippen MR) is 53.3 cm³/mol. The molecular formula is C10H17NO3. The first-order chi connectivity index (χ1) is 6.65. The number of esters is 1. The van der Waals surface area contributed by atoms with Gasteiger partial charge < -0.3 is 9.15 Å². The van der Waals surface area contributed by atoms with Crippen LogP contribution in [-0.2, 0) is 4.74 Å². The molecule has 0 aliphatic carbocycles. The Morgan fingerprint density at radius 1 is 1.43 bits per heavy atom. The van der Waals surface area contributed by atoms with Gasteiger partial charge in [-0.15, -0.1) is 0 Å². The highest BCUT2D eigenvalue weighted by molar-refractivity contribution is 5.84. The van der Waals surface area contributed by atoms with E-state index in [9.17, 15) is 4.79 Å². The molecule has 0 atom stereocenters. The number of ether oxygens (including phenoxy) is 1. The summed E-state index contributed by atoms with van der Waals surface area (Å²) in [7, 11) is 0. The van der Waals surface area contributed by atoms with Crippen molar-refractivity contribution in [3.63, 3.8) is 0 Å². The minimum atomic E-state index is -0.506. The van der Waals surface area contributed by atoms with Crippen LogP contribution in [0.3, 0.4) is 0 Å². The summed E-state index contributed by atoms with van der Waals surface area (Å²) in [5, 5.41) is 0. The van der Waals surface area contributed by atoms with Crippen molar-refractivity contribution >= 4 is 5.97 Å². The van der Waals surface area contributed by atoms with Crippen LogP contribution >= 0.6 is 0 Å². The first kappa shape index (κ1) is 12.7. The monoisotopic (exact) mass is 199 g/mol. The fraction of sp³-hybridized carbons (Fsp3) is 0.600. The van der Waals surface area contributed by atoms with E-state index < -0.39 is 5.97 Å². The number of aromatic nitrogens is 1. The van der Waals surface area contributed by atoms with Crippen LogP contribution in [0.25, 0.3) is 0 Å². The molecule has 0 aliphatic heterocycles. The molecule has 0 saturated heterocycles. The van der Waals surface area contributed by atoms with Crippen molar-refractivity contribution in [3.8, 4) is 0 Å². The molecule has 1 aromatic heterocycles. The second kappa shape index (κ2) is 6.18. The quantitative estimate of drug-likeness (QED) is 0.687. The molecule has 1 rings (SSSR count). The van der Waals surface area contributed by atoms with Crippen LogP contribution in [0.15, 0.2) is 4.42 Å². The molecule has 0 fully saturated rings. The van der Waals surface area contributed by atoms with Crippen LogP contribution in [0.5, 0.6) is 0 Å². The highest BCUT2D eigenvalue weighted by Gasteiger charge is 2.14. The lowest BCUT2D eigenvalue weighted by molar-refractivity contribution is 0.0479. The molecule has 4 nitrogen and oxygen atoms in total. The number of aryl methyl sites for hydroxylation is 2. The van der Waals surface area contributed by atoms with Crippen LogP contribution in [0.1, 0.15) is 42.9 Å². The van der Waals surface area contributed by atoms with Gasteiger partial charge in [0.25, 0.3) is 0 Å². The van der Waals surface area contributed by atoms with Crippen molar-refractivity contribution in [2.24, 2.45) is 0 Å². The maximum Gasteiger partial charge on any atom is 0.394 e. The molecule has 0 aliphatic rings. The molecule has 0 spiro atoms. The van der Waals surface area contributed by atoms with E-state index >= 15 is 0 Å². The molecule has 14 heavy (non-hydrogen) atoms. The third-order valence-corrected chi connectivity index (χ3v) is 1.48. The number of oxazole rings is 1. The van der Waals surface area contributed by atoms with Gasteiger partial charge >= 0.3 is 11.9 Å². The molecule has 0 unspecified atom stereocenters. The van der Waals surface area contributed by atoms with Crippen molar-refractivity contribution in [3.05, 3.63) is 17.3 Å².